The molecule has 0 spiro atoms. The van der Waals surface area contributed by atoms with Crippen molar-refractivity contribution < 1.29 is 9.18 Å². The maximum absolute atomic E-state index is 13.2. The summed E-state index contributed by atoms with van der Waals surface area (Å²) in [6, 6.07) is 6.42. The fourth-order valence-electron chi connectivity index (χ4n) is 4.81. The standard InChI is InChI=1S/C23H28FN7O2/c24-17-8-6-15(7-9-17)14-31-21-19(28-29-31)22(32)27-20(26-21)16-10-12-30(13-11-16)23(33)25-18-4-2-1-3-5-18/h6-9,16,18H,1-5,10-14H2,(H,25,33)(H,26,27,32). The van der Waals surface area contributed by atoms with E-state index in [1.165, 1.54) is 31.4 Å². The van der Waals surface area contributed by atoms with Crippen molar-refractivity contribution in [3.05, 3.63) is 51.8 Å². The summed E-state index contributed by atoms with van der Waals surface area (Å²) in [5.74, 6) is 0.343. The number of nitrogens with zero attached hydrogens (tertiary/aromatic N) is 5. The topological polar surface area (TPSA) is 109 Å². The van der Waals surface area contributed by atoms with Crippen molar-refractivity contribution in [3.63, 3.8) is 0 Å². The highest BCUT2D eigenvalue weighted by atomic mass is 19.1. The zero-order chi connectivity index (χ0) is 22.8. The monoisotopic (exact) mass is 453 g/mol. The Morgan fingerprint density at radius 3 is 2.55 bits per heavy atom. The number of hydrogen-bond donors (Lipinski definition) is 2. The van der Waals surface area contributed by atoms with Gasteiger partial charge in [0.15, 0.2) is 11.2 Å². The minimum absolute atomic E-state index is 0.0128. The first-order valence-electron chi connectivity index (χ1n) is 11.7. The Labute approximate surface area is 190 Å². The van der Waals surface area contributed by atoms with Crippen LogP contribution in [0.3, 0.4) is 0 Å². The zero-order valence-corrected chi connectivity index (χ0v) is 18.5. The first-order valence-corrected chi connectivity index (χ1v) is 11.7. The lowest BCUT2D eigenvalue weighted by atomic mass is 9.95. The van der Waals surface area contributed by atoms with Gasteiger partial charge in [-0.15, -0.1) is 5.10 Å². The van der Waals surface area contributed by atoms with E-state index in [9.17, 15) is 14.0 Å². The molecule has 0 bridgehead atoms. The summed E-state index contributed by atoms with van der Waals surface area (Å²) in [5, 5.41) is 11.2. The summed E-state index contributed by atoms with van der Waals surface area (Å²) >= 11 is 0. The third-order valence-electron chi connectivity index (χ3n) is 6.74. The normalized spacial score (nSPS) is 18.0. The quantitative estimate of drug-likeness (QED) is 0.631. The molecule has 1 aliphatic heterocycles. The highest BCUT2D eigenvalue weighted by Gasteiger charge is 2.27. The number of piperidine rings is 1. The van der Waals surface area contributed by atoms with E-state index in [1.54, 1.807) is 16.8 Å². The Hall–Kier alpha value is -3.30. The van der Waals surface area contributed by atoms with Crippen LogP contribution in [0, 0.1) is 5.82 Å². The number of amides is 2. The number of carbonyl (C=O) groups excluding carboxylic acids is 1. The van der Waals surface area contributed by atoms with Crippen LogP contribution in [0.1, 0.15) is 62.3 Å². The summed E-state index contributed by atoms with van der Waals surface area (Å²) in [4.78, 5) is 34.7. The Balaban J connectivity index is 1.27. The number of nitrogens with one attached hydrogen (secondary N) is 2. The number of aromatic nitrogens is 5. The van der Waals surface area contributed by atoms with Crippen molar-refractivity contribution in [2.75, 3.05) is 13.1 Å². The molecule has 3 heterocycles. The van der Waals surface area contributed by atoms with Gasteiger partial charge in [-0.3, -0.25) is 4.79 Å². The molecule has 10 heteroatoms. The van der Waals surface area contributed by atoms with E-state index in [-0.39, 0.29) is 28.8 Å². The molecule has 2 aliphatic rings. The smallest absolute Gasteiger partial charge is 0.317 e. The molecule has 9 nitrogen and oxygen atoms in total. The van der Waals surface area contributed by atoms with Crippen LogP contribution in [0.25, 0.3) is 11.2 Å². The maximum Gasteiger partial charge on any atom is 0.317 e. The second-order valence-electron chi connectivity index (χ2n) is 9.04. The van der Waals surface area contributed by atoms with Crippen LogP contribution >= 0.6 is 0 Å². The molecule has 2 amide bonds. The number of benzene rings is 1. The summed E-state index contributed by atoms with van der Waals surface area (Å²) in [7, 11) is 0. The van der Waals surface area contributed by atoms with Gasteiger partial charge in [-0.1, -0.05) is 36.6 Å². The van der Waals surface area contributed by atoms with Gasteiger partial charge in [0.05, 0.1) is 6.54 Å². The van der Waals surface area contributed by atoms with Gasteiger partial charge in [-0.25, -0.2) is 18.9 Å². The van der Waals surface area contributed by atoms with E-state index in [2.05, 4.69) is 25.6 Å². The van der Waals surface area contributed by atoms with Crippen LogP contribution in [0.15, 0.2) is 29.1 Å². The number of hydrogen-bond acceptors (Lipinski definition) is 5. The van der Waals surface area contributed by atoms with Gasteiger partial charge in [0.1, 0.15) is 11.6 Å². The molecular weight excluding hydrogens is 425 g/mol. The highest BCUT2D eigenvalue weighted by Crippen LogP contribution is 2.26. The van der Waals surface area contributed by atoms with Crippen molar-refractivity contribution in [1.29, 1.82) is 0 Å². The fourth-order valence-corrected chi connectivity index (χ4v) is 4.81. The molecule has 1 aromatic carbocycles. The maximum atomic E-state index is 13.2. The number of aromatic amines is 1. The Morgan fingerprint density at radius 2 is 1.82 bits per heavy atom. The van der Waals surface area contributed by atoms with E-state index in [0.29, 0.717) is 37.1 Å². The largest absolute Gasteiger partial charge is 0.335 e. The first kappa shape index (κ1) is 21.5. The molecule has 3 aromatic rings. The summed E-state index contributed by atoms with van der Waals surface area (Å²) in [5.41, 5.74) is 1.11. The number of H-pyrrole nitrogens is 1. The van der Waals surface area contributed by atoms with Gasteiger partial charge in [0.25, 0.3) is 5.56 Å². The predicted molar refractivity (Wildman–Crippen MR) is 120 cm³/mol. The van der Waals surface area contributed by atoms with Crippen molar-refractivity contribution in [3.8, 4) is 0 Å². The Kier molecular flexibility index (Phi) is 6.06. The molecule has 33 heavy (non-hydrogen) atoms. The molecule has 2 aromatic heterocycles. The number of rotatable bonds is 4. The molecule has 1 saturated heterocycles. The zero-order valence-electron chi connectivity index (χ0n) is 18.5. The first-order chi connectivity index (χ1) is 16.1. The molecule has 174 valence electrons. The van der Waals surface area contributed by atoms with Crippen LogP contribution in [0.4, 0.5) is 9.18 Å². The lowest BCUT2D eigenvalue weighted by molar-refractivity contribution is 0.173. The van der Waals surface area contributed by atoms with E-state index in [4.69, 9.17) is 0 Å². The molecule has 1 saturated carbocycles. The van der Waals surface area contributed by atoms with E-state index >= 15 is 0 Å². The minimum Gasteiger partial charge on any atom is -0.335 e. The second-order valence-corrected chi connectivity index (χ2v) is 9.04. The third kappa shape index (κ3) is 4.74. The minimum atomic E-state index is -0.321. The second kappa shape index (κ2) is 9.29. The van der Waals surface area contributed by atoms with Gasteiger partial charge in [-0.2, -0.15) is 0 Å². The van der Waals surface area contributed by atoms with Crippen LogP contribution in [-0.4, -0.2) is 55.0 Å². The van der Waals surface area contributed by atoms with Crippen LogP contribution in [-0.2, 0) is 6.54 Å². The van der Waals surface area contributed by atoms with Gasteiger partial charge in [0.2, 0.25) is 0 Å². The lowest BCUT2D eigenvalue weighted by Crippen LogP contribution is -2.48. The number of halogens is 1. The number of urea groups is 1. The molecule has 1 aliphatic carbocycles. The average molecular weight is 454 g/mol. The molecule has 5 rings (SSSR count). The Bertz CT molecular complexity index is 1180. The van der Waals surface area contributed by atoms with Crippen LogP contribution < -0.4 is 10.9 Å². The van der Waals surface area contributed by atoms with Gasteiger partial charge in [0, 0.05) is 25.0 Å². The number of fused-ring (bicyclic) bond motifs is 1. The molecule has 0 atom stereocenters. The van der Waals surface area contributed by atoms with Crippen molar-refractivity contribution in [1.82, 2.24) is 35.2 Å². The van der Waals surface area contributed by atoms with Gasteiger partial charge >= 0.3 is 6.03 Å². The van der Waals surface area contributed by atoms with Crippen molar-refractivity contribution in [2.45, 2.75) is 63.5 Å². The molecule has 0 radical (unpaired) electrons. The van der Waals surface area contributed by atoms with Crippen LogP contribution in [0.5, 0.6) is 0 Å². The van der Waals surface area contributed by atoms with E-state index < -0.39 is 0 Å². The van der Waals surface area contributed by atoms with E-state index in [1.807, 2.05) is 4.90 Å². The number of carbonyl (C=O) groups is 1. The fraction of sp³-hybridized carbons (Fsp3) is 0.522. The van der Waals surface area contributed by atoms with Crippen LogP contribution in [0.2, 0.25) is 0 Å². The lowest BCUT2D eigenvalue weighted by Gasteiger charge is -2.33. The third-order valence-corrected chi connectivity index (χ3v) is 6.74. The molecule has 0 unspecified atom stereocenters. The number of likely N-dealkylation sites (tertiary alicyclic amines) is 1. The molecule has 2 fully saturated rings. The predicted octanol–water partition coefficient (Wildman–Crippen LogP) is 2.92. The van der Waals surface area contributed by atoms with Crippen molar-refractivity contribution >= 4 is 17.2 Å². The average Bonchev–Trinajstić information content (AvgIpc) is 3.24. The summed E-state index contributed by atoms with van der Waals surface area (Å²) in [6.07, 6.45) is 7.20. The van der Waals surface area contributed by atoms with Gasteiger partial charge in [-0.05, 0) is 43.4 Å². The SMILES string of the molecule is O=C(NC1CCCCC1)N1CCC(c2nc3c(nnn3Cc3ccc(F)cc3)c(=O)[nH]2)CC1. The van der Waals surface area contributed by atoms with E-state index in [0.717, 1.165) is 31.2 Å². The Morgan fingerprint density at radius 1 is 1.09 bits per heavy atom. The highest BCUT2D eigenvalue weighted by molar-refractivity contribution is 5.74. The summed E-state index contributed by atoms with van der Waals surface area (Å²) in [6.45, 7) is 1.59. The molecule has 2 N–H and O–H groups in total. The van der Waals surface area contributed by atoms with Gasteiger partial charge < -0.3 is 15.2 Å². The van der Waals surface area contributed by atoms with Crippen molar-refractivity contribution in [2.24, 2.45) is 0 Å². The summed E-state index contributed by atoms with van der Waals surface area (Å²) < 4.78 is 14.8. The molecular formula is C23H28FN7O2.